The van der Waals surface area contributed by atoms with Crippen LogP contribution in [0.2, 0.25) is 0 Å². The molecular formula is C16H15F2N5. The predicted octanol–water partition coefficient (Wildman–Crippen LogP) is 2.78. The molecule has 3 heterocycles. The largest absolute Gasteiger partial charge is 0.368 e. The van der Waals surface area contributed by atoms with Gasteiger partial charge in [-0.3, -0.25) is 4.98 Å². The Morgan fingerprint density at radius 1 is 1.17 bits per heavy atom. The van der Waals surface area contributed by atoms with Gasteiger partial charge < -0.3 is 9.88 Å². The van der Waals surface area contributed by atoms with E-state index in [1.165, 1.54) is 0 Å². The van der Waals surface area contributed by atoms with E-state index in [4.69, 9.17) is 0 Å². The van der Waals surface area contributed by atoms with Crippen LogP contribution in [0.25, 0.3) is 11.0 Å². The molecule has 2 aromatic heterocycles. The van der Waals surface area contributed by atoms with Crippen molar-refractivity contribution >= 4 is 16.9 Å². The molecule has 0 unspecified atom stereocenters. The number of nitrogens with one attached hydrogen (secondary N) is 1. The fraction of sp³-hybridized carbons (Fsp3) is 0.312. The van der Waals surface area contributed by atoms with E-state index in [2.05, 4.69) is 24.8 Å². The molecule has 4 rings (SSSR count). The van der Waals surface area contributed by atoms with Gasteiger partial charge in [0.1, 0.15) is 11.6 Å². The van der Waals surface area contributed by atoms with E-state index in [0.717, 1.165) is 43.9 Å². The van der Waals surface area contributed by atoms with Gasteiger partial charge in [0.15, 0.2) is 11.6 Å². The van der Waals surface area contributed by atoms with Crippen molar-refractivity contribution in [2.45, 2.75) is 19.4 Å². The van der Waals surface area contributed by atoms with Crippen molar-refractivity contribution in [3.05, 3.63) is 48.2 Å². The second kappa shape index (κ2) is 5.57. The Morgan fingerprint density at radius 3 is 2.87 bits per heavy atom. The van der Waals surface area contributed by atoms with Crippen molar-refractivity contribution in [2.75, 3.05) is 11.9 Å². The second-order valence-electron chi connectivity index (χ2n) is 5.79. The smallest absolute Gasteiger partial charge is 0.161 e. The Balaban J connectivity index is 1.47. The van der Waals surface area contributed by atoms with Crippen LogP contribution in [0.1, 0.15) is 12.2 Å². The molecule has 7 heteroatoms. The summed E-state index contributed by atoms with van der Waals surface area (Å²) in [5.74, 6) is 0.345. The van der Waals surface area contributed by atoms with Gasteiger partial charge in [-0.1, -0.05) is 0 Å². The standard InChI is InChI=1S/C16H15F2N5/c17-11-5-13-14(6-12(11)18)22-15(8-20-13)21-7-10-1-2-16-19-3-4-23(16)9-10/h3-6,8,10H,1-2,7,9H2,(H,21,22)/t10-/m0/s1. The van der Waals surface area contributed by atoms with Gasteiger partial charge >= 0.3 is 0 Å². The summed E-state index contributed by atoms with van der Waals surface area (Å²) in [7, 11) is 0. The highest BCUT2D eigenvalue weighted by Gasteiger charge is 2.18. The Labute approximate surface area is 131 Å². The number of anilines is 1. The summed E-state index contributed by atoms with van der Waals surface area (Å²) in [6, 6.07) is 2.13. The molecule has 0 bridgehead atoms. The zero-order valence-electron chi connectivity index (χ0n) is 12.3. The maximum absolute atomic E-state index is 13.3. The highest BCUT2D eigenvalue weighted by Crippen LogP contribution is 2.20. The highest BCUT2D eigenvalue weighted by atomic mass is 19.2. The summed E-state index contributed by atoms with van der Waals surface area (Å²) in [6.45, 7) is 1.67. The van der Waals surface area contributed by atoms with Crippen LogP contribution in [0.3, 0.4) is 0 Å². The first-order chi connectivity index (χ1) is 11.2. The molecule has 0 fully saturated rings. The lowest BCUT2D eigenvalue weighted by Gasteiger charge is -2.24. The van der Waals surface area contributed by atoms with Gasteiger partial charge in [0.2, 0.25) is 0 Å². The number of halogens is 2. The Morgan fingerprint density at radius 2 is 2.00 bits per heavy atom. The first-order valence-electron chi connectivity index (χ1n) is 7.55. The number of nitrogens with zero attached hydrogens (tertiary/aromatic N) is 4. The van der Waals surface area contributed by atoms with Crippen LogP contribution in [0.5, 0.6) is 0 Å². The van der Waals surface area contributed by atoms with Crippen molar-refractivity contribution in [1.82, 2.24) is 19.5 Å². The fourth-order valence-electron chi connectivity index (χ4n) is 2.95. The minimum absolute atomic E-state index is 0.342. The van der Waals surface area contributed by atoms with E-state index >= 15 is 0 Å². The topological polar surface area (TPSA) is 55.6 Å². The quantitative estimate of drug-likeness (QED) is 0.807. The van der Waals surface area contributed by atoms with Crippen LogP contribution < -0.4 is 5.32 Å². The number of aromatic nitrogens is 4. The van der Waals surface area contributed by atoms with E-state index in [1.54, 1.807) is 6.20 Å². The van der Waals surface area contributed by atoms with E-state index in [1.807, 2.05) is 12.4 Å². The molecule has 0 saturated heterocycles. The van der Waals surface area contributed by atoms with Crippen LogP contribution in [0.15, 0.2) is 30.7 Å². The summed E-state index contributed by atoms with van der Waals surface area (Å²) in [5.41, 5.74) is 0.685. The van der Waals surface area contributed by atoms with Gasteiger partial charge in [0, 0.05) is 44.0 Å². The lowest BCUT2D eigenvalue weighted by molar-refractivity contribution is 0.381. The van der Waals surface area contributed by atoms with Crippen molar-refractivity contribution in [3.8, 4) is 0 Å². The van der Waals surface area contributed by atoms with Gasteiger partial charge in [-0.15, -0.1) is 0 Å². The third-order valence-electron chi connectivity index (χ3n) is 4.19. The van der Waals surface area contributed by atoms with Crippen LogP contribution in [0, 0.1) is 17.6 Å². The predicted molar refractivity (Wildman–Crippen MR) is 82.0 cm³/mol. The normalized spacial score (nSPS) is 17.2. The van der Waals surface area contributed by atoms with Crippen molar-refractivity contribution in [1.29, 1.82) is 0 Å². The Hall–Kier alpha value is -2.57. The molecule has 118 valence electrons. The van der Waals surface area contributed by atoms with Crippen LogP contribution in [-0.4, -0.2) is 26.1 Å². The molecule has 23 heavy (non-hydrogen) atoms. The van der Waals surface area contributed by atoms with E-state index in [-0.39, 0.29) is 0 Å². The molecule has 0 radical (unpaired) electrons. The first-order valence-corrected chi connectivity index (χ1v) is 7.55. The summed E-state index contributed by atoms with van der Waals surface area (Å²) < 4.78 is 28.6. The number of aryl methyl sites for hydroxylation is 1. The molecule has 3 aromatic rings. The van der Waals surface area contributed by atoms with Gasteiger partial charge in [-0.2, -0.15) is 0 Å². The van der Waals surface area contributed by atoms with Crippen molar-refractivity contribution < 1.29 is 8.78 Å². The Bertz CT molecular complexity index is 861. The third-order valence-corrected chi connectivity index (χ3v) is 4.19. The SMILES string of the molecule is Fc1cc2ncc(NC[C@@H]3CCc4nccn4C3)nc2cc1F. The zero-order chi connectivity index (χ0) is 15.8. The number of rotatable bonds is 3. The summed E-state index contributed by atoms with van der Waals surface area (Å²) in [6.07, 6.45) is 7.39. The summed E-state index contributed by atoms with van der Waals surface area (Å²) in [4.78, 5) is 12.7. The maximum atomic E-state index is 13.3. The summed E-state index contributed by atoms with van der Waals surface area (Å²) >= 11 is 0. The number of hydrogen-bond acceptors (Lipinski definition) is 4. The van der Waals surface area contributed by atoms with Gasteiger partial charge in [-0.25, -0.2) is 18.7 Å². The number of fused-ring (bicyclic) bond motifs is 2. The number of hydrogen-bond donors (Lipinski definition) is 1. The van der Waals surface area contributed by atoms with E-state index in [9.17, 15) is 8.78 Å². The van der Waals surface area contributed by atoms with Crippen molar-refractivity contribution in [2.24, 2.45) is 5.92 Å². The number of imidazole rings is 1. The third kappa shape index (κ3) is 2.74. The lowest BCUT2D eigenvalue weighted by atomic mass is 9.99. The zero-order valence-corrected chi connectivity index (χ0v) is 12.3. The molecule has 0 aliphatic carbocycles. The molecule has 1 aromatic carbocycles. The Kier molecular flexibility index (Phi) is 3.40. The minimum atomic E-state index is -0.913. The average Bonchev–Trinajstić information content (AvgIpc) is 3.01. The van der Waals surface area contributed by atoms with Gasteiger partial charge in [0.25, 0.3) is 0 Å². The van der Waals surface area contributed by atoms with Crippen LogP contribution in [0.4, 0.5) is 14.6 Å². The summed E-state index contributed by atoms with van der Waals surface area (Å²) in [5, 5.41) is 3.24. The molecule has 5 nitrogen and oxygen atoms in total. The monoisotopic (exact) mass is 315 g/mol. The molecule has 1 aliphatic rings. The fourth-order valence-corrected chi connectivity index (χ4v) is 2.95. The molecule has 0 amide bonds. The maximum Gasteiger partial charge on any atom is 0.161 e. The molecule has 0 saturated carbocycles. The second-order valence-corrected chi connectivity index (χ2v) is 5.79. The molecule has 1 N–H and O–H groups in total. The molecule has 1 atom stereocenters. The molecular weight excluding hydrogens is 300 g/mol. The lowest BCUT2D eigenvalue weighted by Crippen LogP contribution is -2.26. The molecule has 1 aliphatic heterocycles. The average molecular weight is 315 g/mol. The van der Waals surface area contributed by atoms with E-state index in [0.29, 0.717) is 22.8 Å². The highest BCUT2D eigenvalue weighted by molar-refractivity contribution is 5.75. The van der Waals surface area contributed by atoms with E-state index < -0.39 is 11.6 Å². The van der Waals surface area contributed by atoms with Crippen LogP contribution in [-0.2, 0) is 13.0 Å². The van der Waals surface area contributed by atoms with Gasteiger partial charge in [-0.05, 0) is 12.3 Å². The first kappa shape index (κ1) is 14.0. The minimum Gasteiger partial charge on any atom is -0.368 e. The van der Waals surface area contributed by atoms with Crippen LogP contribution >= 0.6 is 0 Å². The number of benzene rings is 1. The van der Waals surface area contributed by atoms with Gasteiger partial charge in [0.05, 0.1) is 17.2 Å². The molecule has 0 spiro atoms. The van der Waals surface area contributed by atoms with Crippen molar-refractivity contribution in [3.63, 3.8) is 0 Å².